The molecule has 0 spiro atoms. The number of aromatic amines is 1. The Morgan fingerprint density at radius 3 is 2.70 bits per heavy atom. The number of hydrogen-bond donors (Lipinski definition) is 1. The molecule has 1 fully saturated rings. The van der Waals surface area contributed by atoms with E-state index in [1.54, 1.807) is 15.3 Å². The van der Waals surface area contributed by atoms with Gasteiger partial charge in [0.2, 0.25) is 5.82 Å². The second kappa shape index (κ2) is 8.93. The maximum Gasteiger partial charge on any atom is 0.329 e. The number of unbranched alkanes of at least 4 members (excludes halogenated alkanes) is 1. The molecule has 168 valence electrons. The Kier molecular flexibility index (Phi) is 5.68. The van der Waals surface area contributed by atoms with Crippen LogP contribution in [0.15, 0.2) is 53.6 Å². The largest absolute Gasteiger partial charge is 0.329 e. The highest BCUT2D eigenvalue weighted by atomic mass is 16.2. The van der Waals surface area contributed by atoms with Crippen LogP contribution in [0.5, 0.6) is 0 Å². The van der Waals surface area contributed by atoms with E-state index in [9.17, 15) is 9.59 Å². The van der Waals surface area contributed by atoms with Crippen LogP contribution in [0.1, 0.15) is 50.0 Å². The van der Waals surface area contributed by atoms with Crippen molar-refractivity contribution in [3.63, 3.8) is 0 Å². The number of Topliss-reactive ketones (excluding diaryl/α,β-unsaturated/α-hetero) is 1. The second-order valence-electron chi connectivity index (χ2n) is 8.37. The smallest absolute Gasteiger partial charge is 0.297 e. The normalized spacial score (nSPS) is 15.5. The zero-order valence-electron chi connectivity index (χ0n) is 18.4. The average Bonchev–Trinajstić information content (AvgIpc) is 3.47. The number of imidazole rings is 1. The number of benzene rings is 1. The van der Waals surface area contributed by atoms with Gasteiger partial charge in [-0.3, -0.25) is 18.9 Å². The summed E-state index contributed by atoms with van der Waals surface area (Å²) >= 11 is 0. The maximum atomic E-state index is 13.2. The van der Waals surface area contributed by atoms with Crippen LogP contribution in [0.4, 0.5) is 0 Å². The molecule has 0 radical (unpaired) electrons. The number of carbonyl (C=O) groups excluding carboxylic acids is 1. The molecule has 9 nitrogen and oxygen atoms in total. The van der Waals surface area contributed by atoms with Crippen LogP contribution in [-0.2, 0) is 17.8 Å². The number of hydrogen-bond acceptors (Lipinski definition) is 6. The number of rotatable bonds is 8. The number of aromatic nitrogens is 7. The molecule has 1 N–H and O–H groups in total. The van der Waals surface area contributed by atoms with Gasteiger partial charge in [-0.1, -0.05) is 31.5 Å². The number of tetrazole rings is 1. The lowest BCUT2D eigenvalue weighted by Gasteiger charge is -2.24. The molecule has 3 aromatic heterocycles. The van der Waals surface area contributed by atoms with E-state index in [4.69, 9.17) is 0 Å². The fourth-order valence-corrected chi connectivity index (χ4v) is 4.21. The quantitative estimate of drug-likeness (QED) is 0.448. The van der Waals surface area contributed by atoms with E-state index < -0.39 is 0 Å². The van der Waals surface area contributed by atoms with E-state index in [0.717, 1.165) is 53.8 Å². The molecule has 9 heteroatoms. The van der Waals surface area contributed by atoms with Gasteiger partial charge in [-0.05, 0) is 53.8 Å². The number of nitrogens with zero attached hydrogens (tertiary/aromatic N) is 6. The highest BCUT2D eigenvalue weighted by Crippen LogP contribution is 2.28. The van der Waals surface area contributed by atoms with Gasteiger partial charge >= 0.3 is 5.69 Å². The summed E-state index contributed by atoms with van der Waals surface area (Å²) in [6.07, 6.45) is 7.74. The first-order valence-corrected chi connectivity index (χ1v) is 11.3. The van der Waals surface area contributed by atoms with Gasteiger partial charge in [-0.25, -0.2) is 4.79 Å². The molecular weight excluding hydrogens is 418 g/mol. The molecule has 0 saturated heterocycles. The zero-order chi connectivity index (χ0) is 22.8. The van der Waals surface area contributed by atoms with Gasteiger partial charge in [-0.2, -0.15) is 5.21 Å². The van der Waals surface area contributed by atoms with E-state index in [2.05, 4.69) is 32.5 Å². The SMILES string of the molecule is CCCCc1cn(C2CCC2=O)c(=O)n1Cc1cc(-c2cccc(-c3nn[nH]n3)c2)ccn1. The van der Waals surface area contributed by atoms with Crippen molar-refractivity contribution in [1.82, 2.24) is 34.7 Å². The van der Waals surface area contributed by atoms with Gasteiger partial charge in [0.15, 0.2) is 5.78 Å². The molecule has 1 atom stereocenters. The monoisotopic (exact) mass is 443 g/mol. The molecule has 1 aliphatic rings. The highest BCUT2D eigenvalue weighted by molar-refractivity contribution is 5.88. The first kappa shape index (κ1) is 21.0. The molecule has 33 heavy (non-hydrogen) atoms. The standard InChI is InChI=1S/C24H25N7O2/c1-2-3-7-20-15-31(21-8-9-22(21)32)24(33)30(20)14-19-13-17(10-11-25-19)16-5-4-6-18(12-16)23-26-28-29-27-23/h4-6,10-13,15,21H,2-3,7-9,14H2,1H3,(H,26,27,28,29). The summed E-state index contributed by atoms with van der Waals surface area (Å²) in [6, 6.07) is 11.5. The lowest BCUT2D eigenvalue weighted by atomic mass is 9.91. The molecule has 3 heterocycles. The molecule has 0 aliphatic heterocycles. The summed E-state index contributed by atoms with van der Waals surface area (Å²) in [7, 11) is 0. The summed E-state index contributed by atoms with van der Waals surface area (Å²) in [6.45, 7) is 2.49. The van der Waals surface area contributed by atoms with E-state index >= 15 is 0 Å². The fraction of sp³-hybridized carbons (Fsp3) is 0.333. The van der Waals surface area contributed by atoms with E-state index in [-0.39, 0.29) is 17.5 Å². The molecule has 1 saturated carbocycles. The van der Waals surface area contributed by atoms with Crippen molar-refractivity contribution in [2.45, 2.75) is 51.6 Å². The second-order valence-corrected chi connectivity index (χ2v) is 8.37. The lowest BCUT2D eigenvalue weighted by molar-refractivity contribution is -0.128. The molecule has 0 amide bonds. The Morgan fingerprint density at radius 1 is 1.12 bits per heavy atom. The summed E-state index contributed by atoms with van der Waals surface area (Å²) in [5, 5.41) is 14.2. The minimum atomic E-state index is -0.314. The van der Waals surface area contributed by atoms with Crippen LogP contribution in [0, 0.1) is 0 Å². The first-order chi connectivity index (χ1) is 16.1. The summed E-state index contributed by atoms with van der Waals surface area (Å²) in [5.41, 5.74) is 4.45. The highest BCUT2D eigenvalue weighted by Gasteiger charge is 2.32. The summed E-state index contributed by atoms with van der Waals surface area (Å²) < 4.78 is 3.39. The van der Waals surface area contributed by atoms with Crippen molar-refractivity contribution in [2.75, 3.05) is 0 Å². The van der Waals surface area contributed by atoms with Crippen molar-refractivity contribution in [3.8, 4) is 22.5 Å². The number of pyridine rings is 1. The van der Waals surface area contributed by atoms with E-state index in [1.165, 1.54) is 0 Å². The Morgan fingerprint density at radius 2 is 1.97 bits per heavy atom. The molecule has 0 bridgehead atoms. The topological polar surface area (TPSA) is 111 Å². The predicted molar refractivity (Wildman–Crippen MR) is 123 cm³/mol. The van der Waals surface area contributed by atoms with Crippen molar-refractivity contribution in [3.05, 3.63) is 70.7 Å². The van der Waals surface area contributed by atoms with Gasteiger partial charge in [0.05, 0.1) is 18.3 Å². The number of H-pyrrole nitrogens is 1. The number of carbonyl (C=O) groups is 1. The molecule has 1 aromatic carbocycles. The van der Waals surface area contributed by atoms with Crippen molar-refractivity contribution >= 4 is 5.78 Å². The summed E-state index contributed by atoms with van der Waals surface area (Å²) in [5.74, 6) is 0.669. The summed E-state index contributed by atoms with van der Waals surface area (Å²) in [4.78, 5) is 29.7. The minimum absolute atomic E-state index is 0.134. The van der Waals surface area contributed by atoms with Crippen LogP contribution in [0.25, 0.3) is 22.5 Å². The molecular formula is C24H25N7O2. The Labute approximate surface area is 190 Å². The van der Waals surface area contributed by atoms with Crippen LogP contribution in [-0.4, -0.2) is 40.5 Å². The van der Waals surface area contributed by atoms with Gasteiger partial charge < -0.3 is 0 Å². The first-order valence-electron chi connectivity index (χ1n) is 11.3. The number of nitrogens with one attached hydrogen (secondary N) is 1. The van der Waals surface area contributed by atoms with Crippen LogP contribution >= 0.6 is 0 Å². The van der Waals surface area contributed by atoms with Gasteiger partial charge in [-0.15, -0.1) is 10.2 Å². The molecule has 1 unspecified atom stereocenters. The van der Waals surface area contributed by atoms with Gasteiger partial charge in [0.25, 0.3) is 0 Å². The Hall–Kier alpha value is -3.88. The number of aryl methyl sites for hydroxylation is 1. The minimum Gasteiger partial charge on any atom is -0.297 e. The van der Waals surface area contributed by atoms with E-state index in [1.807, 2.05) is 42.6 Å². The zero-order valence-corrected chi connectivity index (χ0v) is 18.4. The third kappa shape index (κ3) is 4.13. The Balaban J connectivity index is 1.46. The van der Waals surface area contributed by atoms with E-state index in [0.29, 0.717) is 18.8 Å². The third-order valence-electron chi connectivity index (χ3n) is 6.18. The third-order valence-corrected chi connectivity index (χ3v) is 6.18. The van der Waals surface area contributed by atoms with Crippen LogP contribution in [0.2, 0.25) is 0 Å². The van der Waals surface area contributed by atoms with Gasteiger partial charge in [0, 0.05) is 30.1 Å². The van der Waals surface area contributed by atoms with Crippen molar-refractivity contribution in [1.29, 1.82) is 0 Å². The molecule has 4 aromatic rings. The van der Waals surface area contributed by atoms with Crippen LogP contribution < -0.4 is 5.69 Å². The molecule has 5 rings (SSSR count). The van der Waals surface area contributed by atoms with Crippen molar-refractivity contribution < 1.29 is 4.79 Å². The maximum absolute atomic E-state index is 13.2. The van der Waals surface area contributed by atoms with Crippen LogP contribution in [0.3, 0.4) is 0 Å². The van der Waals surface area contributed by atoms with Gasteiger partial charge in [0.1, 0.15) is 0 Å². The predicted octanol–water partition coefficient (Wildman–Crippen LogP) is 3.19. The fourth-order valence-electron chi connectivity index (χ4n) is 4.21. The average molecular weight is 444 g/mol. The number of ketones is 1. The lowest BCUT2D eigenvalue weighted by Crippen LogP contribution is -2.36. The molecule has 1 aliphatic carbocycles. The van der Waals surface area contributed by atoms with Crippen molar-refractivity contribution in [2.24, 2.45) is 0 Å². The Bertz CT molecular complexity index is 1340.